The lowest BCUT2D eigenvalue weighted by molar-refractivity contribution is -0.119. The number of hydrogen-bond acceptors (Lipinski definition) is 1. The number of Topliss-reactive ketones (excluding diaryl/α,β-unsaturated/α-hetero) is 1. The third-order valence-corrected chi connectivity index (χ3v) is 3.49. The number of rotatable bonds is 1. The van der Waals surface area contributed by atoms with Gasteiger partial charge in [-0.2, -0.15) is 0 Å². The first kappa shape index (κ1) is 6.38. The maximum Gasteiger partial charge on any atom is 0.136 e. The highest BCUT2D eigenvalue weighted by Crippen LogP contribution is 2.65. The van der Waals surface area contributed by atoms with Gasteiger partial charge in [0.25, 0.3) is 0 Å². The Balaban J connectivity index is 2.18. The molecule has 1 nitrogen and oxygen atoms in total. The summed E-state index contributed by atoms with van der Waals surface area (Å²) in [6.07, 6.45) is 3.24. The monoisotopic (exact) mass is 138 g/mol. The maximum atomic E-state index is 11.1. The van der Waals surface area contributed by atoms with Crippen LogP contribution in [0, 0.1) is 17.3 Å². The third kappa shape index (κ3) is 0.561. The van der Waals surface area contributed by atoms with Gasteiger partial charge in [-0.3, -0.25) is 4.79 Å². The van der Waals surface area contributed by atoms with Crippen LogP contribution in [-0.2, 0) is 4.79 Å². The number of hydrogen-bond donors (Lipinski definition) is 0. The Labute approximate surface area is 61.8 Å². The fourth-order valence-electron chi connectivity index (χ4n) is 2.49. The summed E-state index contributed by atoms with van der Waals surface area (Å²) in [5.74, 6) is 1.74. The van der Waals surface area contributed by atoms with E-state index in [-0.39, 0.29) is 0 Å². The van der Waals surface area contributed by atoms with E-state index >= 15 is 0 Å². The minimum Gasteiger partial charge on any atom is -0.299 e. The van der Waals surface area contributed by atoms with E-state index in [1.165, 1.54) is 12.8 Å². The summed E-state index contributed by atoms with van der Waals surface area (Å²) in [4.78, 5) is 11.1. The maximum absolute atomic E-state index is 11.1. The fourth-order valence-corrected chi connectivity index (χ4v) is 2.49. The summed E-state index contributed by atoms with van der Waals surface area (Å²) >= 11 is 0. The average Bonchev–Trinajstić information content (AvgIpc) is 2.52. The zero-order chi connectivity index (χ0) is 7.35. The molecule has 2 unspecified atom stereocenters. The highest BCUT2D eigenvalue weighted by molar-refractivity contribution is 5.87. The van der Waals surface area contributed by atoms with Gasteiger partial charge in [-0.1, -0.05) is 13.8 Å². The SMILES string of the molecule is CC(C)C12CCC(=O)C1C2. The van der Waals surface area contributed by atoms with Crippen molar-refractivity contribution in [2.24, 2.45) is 17.3 Å². The molecule has 0 amide bonds. The predicted octanol–water partition coefficient (Wildman–Crippen LogP) is 2.01. The average molecular weight is 138 g/mol. The molecule has 0 aromatic heterocycles. The second-order valence-corrected chi connectivity index (χ2v) is 4.11. The largest absolute Gasteiger partial charge is 0.299 e. The van der Waals surface area contributed by atoms with Crippen molar-refractivity contribution in [2.45, 2.75) is 33.1 Å². The van der Waals surface area contributed by atoms with Gasteiger partial charge in [0.2, 0.25) is 0 Å². The quantitative estimate of drug-likeness (QED) is 0.541. The van der Waals surface area contributed by atoms with E-state index in [4.69, 9.17) is 0 Å². The Kier molecular flexibility index (Phi) is 1.04. The molecule has 2 rings (SSSR count). The van der Waals surface area contributed by atoms with Crippen LogP contribution < -0.4 is 0 Å². The van der Waals surface area contributed by atoms with Crippen LogP contribution in [0.5, 0.6) is 0 Å². The van der Waals surface area contributed by atoms with Crippen LogP contribution in [0.2, 0.25) is 0 Å². The number of carbonyl (C=O) groups is 1. The molecule has 2 fully saturated rings. The van der Waals surface area contributed by atoms with Crippen molar-refractivity contribution in [3.63, 3.8) is 0 Å². The van der Waals surface area contributed by atoms with E-state index < -0.39 is 0 Å². The van der Waals surface area contributed by atoms with Gasteiger partial charge in [0.1, 0.15) is 5.78 Å². The summed E-state index contributed by atoms with van der Waals surface area (Å²) < 4.78 is 0. The molecular weight excluding hydrogens is 124 g/mol. The Morgan fingerprint density at radius 1 is 1.60 bits per heavy atom. The van der Waals surface area contributed by atoms with E-state index in [0.717, 1.165) is 12.3 Å². The van der Waals surface area contributed by atoms with Crippen molar-refractivity contribution in [3.8, 4) is 0 Å². The zero-order valence-electron chi connectivity index (χ0n) is 6.68. The molecule has 0 aromatic rings. The Morgan fingerprint density at radius 2 is 2.30 bits per heavy atom. The van der Waals surface area contributed by atoms with Gasteiger partial charge in [0.05, 0.1) is 0 Å². The minimum absolute atomic E-state index is 0.479. The normalized spacial score (nSPS) is 44.3. The lowest BCUT2D eigenvalue weighted by atomic mass is 9.90. The lowest BCUT2D eigenvalue weighted by Crippen LogP contribution is -2.07. The third-order valence-electron chi connectivity index (χ3n) is 3.49. The van der Waals surface area contributed by atoms with E-state index in [0.29, 0.717) is 17.1 Å². The first-order valence-electron chi connectivity index (χ1n) is 4.19. The van der Waals surface area contributed by atoms with Gasteiger partial charge in [-0.15, -0.1) is 0 Å². The van der Waals surface area contributed by atoms with Gasteiger partial charge in [0.15, 0.2) is 0 Å². The predicted molar refractivity (Wildman–Crippen MR) is 39.6 cm³/mol. The van der Waals surface area contributed by atoms with Gasteiger partial charge in [-0.25, -0.2) is 0 Å². The summed E-state index contributed by atoms with van der Waals surface area (Å²) in [7, 11) is 0. The molecule has 0 N–H and O–H groups in total. The van der Waals surface area contributed by atoms with Crippen LogP contribution in [0.15, 0.2) is 0 Å². The molecular formula is C9H14O. The zero-order valence-corrected chi connectivity index (χ0v) is 6.68. The lowest BCUT2D eigenvalue weighted by Gasteiger charge is -2.14. The molecule has 0 heterocycles. The van der Waals surface area contributed by atoms with Crippen molar-refractivity contribution in [2.75, 3.05) is 0 Å². The van der Waals surface area contributed by atoms with Crippen molar-refractivity contribution in [3.05, 3.63) is 0 Å². The van der Waals surface area contributed by atoms with E-state index in [2.05, 4.69) is 13.8 Å². The Bertz CT molecular complexity index is 183. The summed E-state index contributed by atoms with van der Waals surface area (Å²) in [6, 6.07) is 0. The molecule has 0 spiro atoms. The second-order valence-electron chi connectivity index (χ2n) is 4.11. The summed E-state index contributed by atoms with van der Waals surface area (Å²) in [5.41, 5.74) is 0.483. The van der Waals surface area contributed by atoms with Gasteiger partial charge < -0.3 is 0 Å². The van der Waals surface area contributed by atoms with Gasteiger partial charge >= 0.3 is 0 Å². The summed E-state index contributed by atoms with van der Waals surface area (Å²) in [5, 5.41) is 0. The molecule has 0 aromatic carbocycles. The van der Waals surface area contributed by atoms with E-state index in [1.54, 1.807) is 0 Å². The van der Waals surface area contributed by atoms with Crippen LogP contribution in [0.1, 0.15) is 33.1 Å². The molecule has 1 heteroatoms. The van der Waals surface area contributed by atoms with Gasteiger partial charge in [0, 0.05) is 12.3 Å². The number of ketones is 1. The van der Waals surface area contributed by atoms with Crippen molar-refractivity contribution in [1.29, 1.82) is 0 Å². The standard InChI is InChI=1S/C9H14O/c1-6(2)9-4-3-8(10)7(9)5-9/h6-7H,3-5H2,1-2H3. The van der Waals surface area contributed by atoms with Crippen molar-refractivity contribution >= 4 is 5.78 Å². The molecule has 0 aliphatic heterocycles. The number of fused-ring (bicyclic) bond motifs is 1. The second kappa shape index (κ2) is 1.63. The molecule has 10 heavy (non-hydrogen) atoms. The Morgan fingerprint density at radius 3 is 2.50 bits per heavy atom. The molecule has 2 saturated carbocycles. The first-order chi connectivity index (χ1) is 4.67. The van der Waals surface area contributed by atoms with Crippen molar-refractivity contribution in [1.82, 2.24) is 0 Å². The molecule has 0 saturated heterocycles. The van der Waals surface area contributed by atoms with Crippen LogP contribution >= 0.6 is 0 Å². The first-order valence-corrected chi connectivity index (χ1v) is 4.19. The molecule has 2 atom stereocenters. The van der Waals surface area contributed by atoms with E-state index in [9.17, 15) is 4.79 Å². The molecule has 2 aliphatic rings. The Hall–Kier alpha value is -0.330. The van der Waals surface area contributed by atoms with Gasteiger partial charge in [-0.05, 0) is 24.2 Å². The molecule has 2 aliphatic carbocycles. The van der Waals surface area contributed by atoms with Crippen LogP contribution in [0.4, 0.5) is 0 Å². The highest BCUT2D eigenvalue weighted by atomic mass is 16.1. The molecule has 0 bridgehead atoms. The number of carbonyl (C=O) groups excluding carboxylic acids is 1. The molecule has 0 radical (unpaired) electrons. The summed E-state index contributed by atoms with van der Waals surface area (Å²) in [6.45, 7) is 4.50. The van der Waals surface area contributed by atoms with Crippen molar-refractivity contribution < 1.29 is 4.79 Å². The van der Waals surface area contributed by atoms with E-state index in [1.807, 2.05) is 0 Å². The minimum atomic E-state index is 0.479. The fraction of sp³-hybridized carbons (Fsp3) is 0.889. The highest BCUT2D eigenvalue weighted by Gasteiger charge is 2.62. The topological polar surface area (TPSA) is 17.1 Å². The van der Waals surface area contributed by atoms with Crippen LogP contribution in [0.25, 0.3) is 0 Å². The van der Waals surface area contributed by atoms with Crippen LogP contribution in [-0.4, -0.2) is 5.78 Å². The molecule has 56 valence electrons. The smallest absolute Gasteiger partial charge is 0.136 e. The van der Waals surface area contributed by atoms with Crippen LogP contribution in [0.3, 0.4) is 0 Å².